The molecular formula is C16H12ClFN4O4. The average Bonchev–Trinajstić information content (AvgIpc) is 3.11. The summed E-state index contributed by atoms with van der Waals surface area (Å²) in [5.74, 6) is -3.91. The van der Waals surface area contributed by atoms with Gasteiger partial charge >= 0.3 is 11.9 Å². The lowest BCUT2D eigenvalue weighted by atomic mass is 9.96. The van der Waals surface area contributed by atoms with Gasteiger partial charge in [-0.1, -0.05) is 17.7 Å². The molecule has 10 heteroatoms. The quantitative estimate of drug-likeness (QED) is 0.506. The first-order valence-electron chi connectivity index (χ1n) is 7.28. The van der Waals surface area contributed by atoms with Gasteiger partial charge in [0.05, 0.1) is 24.9 Å². The normalized spacial score (nSPS) is 11.0. The third-order valence-electron chi connectivity index (χ3n) is 3.72. The Bertz CT molecular complexity index is 971. The summed E-state index contributed by atoms with van der Waals surface area (Å²) >= 11 is 6.15. The van der Waals surface area contributed by atoms with Crippen molar-refractivity contribution in [1.82, 2.24) is 19.6 Å². The molecule has 0 saturated heterocycles. The van der Waals surface area contributed by atoms with Crippen LogP contribution in [-0.4, -0.2) is 45.7 Å². The van der Waals surface area contributed by atoms with E-state index >= 15 is 0 Å². The van der Waals surface area contributed by atoms with Crippen LogP contribution >= 0.6 is 11.6 Å². The maximum Gasteiger partial charge on any atom is 0.326 e. The molecule has 0 aliphatic carbocycles. The Balaban J connectivity index is 2.40. The second-order valence-electron chi connectivity index (χ2n) is 5.10. The Morgan fingerprint density at radius 3 is 2.50 bits per heavy atom. The smallest absolute Gasteiger partial charge is 0.326 e. The van der Waals surface area contributed by atoms with Crippen molar-refractivity contribution in [3.63, 3.8) is 0 Å². The molecule has 0 bridgehead atoms. The molecule has 0 saturated carbocycles. The summed E-state index contributed by atoms with van der Waals surface area (Å²) < 4.78 is 25.1. The van der Waals surface area contributed by atoms with Crippen molar-refractivity contribution < 1.29 is 23.5 Å². The van der Waals surface area contributed by atoms with Gasteiger partial charge < -0.3 is 9.47 Å². The fourth-order valence-corrected chi connectivity index (χ4v) is 2.84. The molecule has 0 radical (unpaired) electrons. The summed E-state index contributed by atoms with van der Waals surface area (Å²) in [5, 5.41) is 4.05. The summed E-state index contributed by atoms with van der Waals surface area (Å²) in [5.41, 5.74) is 0.0389. The molecular weight excluding hydrogens is 367 g/mol. The van der Waals surface area contributed by atoms with Crippen LogP contribution in [0.5, 0.6) is 0 Å². The Hall–Kier alpha value is -3.07. The molecule has 0 unspecified atom stereocenters. The van der Waals surface area contributed by atoms with E-state index in [1.807, 2.05) is 0 Å². The van der Waals surface area contributed by atoms with Crippen LogP contribution in [0, 0.1) is 5.82 Å². The van der Waals surface area contributed by atoms with Crippen LogP contribution in [0.15, 0.2) is 30.7 Å². The second kappa shape index (κ2) is 7.04. The molecule has 0 atom stereocenters. The van der Waals surface area contributed by atoms with Gasteiger partial charge in [0.1, 0.15) is 12.1 Å². The van der Waals surface area contributed by atoms with Crippen molar-refractivity contribution >= 4 is 29.3 Å². The minimum atomic E-state index is -1.54. The second-order valence-corrected chi connectivity index (χ2v) is 5.51. The Kier molecular flexibility index (Phi) is 4.81. The SMILES string of the molecule is COC(=O)C(C(=O)OC)c1c(-c2c(F)cccc2Cl)cnc2ncnn12. The van der Waals surface area contributed by atoms with Crippen molar-refractivity contribution in [3.8, 4) is 11.1 Å². The van der Waals surface area contributed by atoms with Crippen molar-refractivity contribution in [1.29, 1.82) is 0 Å². The summed E-state index contributed by atoms with van der Waals surface area (Å²) in [7, 11) is 2.24. The molecule has 2 heterocycles. The maximum absolute atomic E-state index is 14.5. The van der Waals surface area contributed by atoms with Gasteiger partial charge in [0, 0.05) is 17.3 Å². The van der Waals surface area contributed by atoms with Crippen LogP contribution in [0.2, 0.25) is 5.02 Å². The highest BCUT2D eigenvalue weighted by molar-refractivity contribution is 6.33. The minimum absolute atomic E-state index is 0.0156. The third-order valence-corrected chi connectivity index (χ3v) is 4.04. The molecule has 134 valence electrons. The summed E-state index contributed by atoms with van der Waals surface area (Å²) in [6, 6.07) is 4.10. The lowest BCUT2D eigenvalue weighted by molar-refractivity contribution is -0.154. The van der Waals surface area contributed by atoms with Gasteiger partial charge in [0.25, 0.3) is 5.78 Å². The van der Waals surface area contributed by atoms with Crippen molar-refractivity contribution in [2.45, 2.75) is 5.92 Å². The van der Waals surface area contributed by atoms with E-state index in [2.05, 4.69) is 15.1 Å². The highest BCUT2D eigenvalue weighted by Gasteiger charge is 2.37. The Morgan fingerprint density at radius 1 is 1.19 bits per heavy atom. The summed E-state index contributed by atoms with van der Waals surface area (Å²) in [6.45, 7) is 0. The van der Waals surface area contributed by atoms with E-state index in [-0.39, 0.29) is 27.6 Å². The molecule has 3 rings (SSSR count). The van der Waals surface area contributed by atoms with Gasteiger partial charge in [0.15, 0.2) is 5.92 Å². The number of aromatic nitrogens is 4. The number of halogens is 2. The molecule has 1 aromatic carbocycles. The number of fused-ring (bicyclic) bond motifs is 1. The highest BCUT2D eigenvalue weighted by Crippen LogP contribution is 2.36. The van der Waals surface area contributed by atoms with E-state index in [0.717, 1.165) is 18.7 Å². The number of hydrogen-bond acceptors (Lipinski definition) is 7. The van der Waals surface area contributed by atoms with Crippen LogP contribution < -0.4 is 0 Å². The number of ether oxygens (including phenoxy) is 2. The fraction of sp³-hybridized carbons (Fsp3) is 0.188. The van der Waals surface area contributed by atoms with E-state index in [1.54, 1.807) is 0 Å². The summed E-state index contributed by atoms with van der Waals surface area (Å²) in [4.78, 5) is 32.6. The molecule has 0 fully saturated rings. The number of benzene rings is 1. The number of carbonyl (C=O) groups excluding carboxylic acids is 2. The van der Waals surface area contributed by atoms with E-state index in [1.165, 1.54) is 30.7 Å². The van der Waals surface area contributed by atoms with Crippen LogP contribution in [0.25, 0.3) is 16.9 Å². The van der Waals surface area contributed by atoms with Gasteiger partial charge in [-0.15, -0.1) is 0 Å². The minimum Gasteiger partial charge on any atom is -0.468 e. The van der Waals surface area contributed by atoms with Gasteiger partial charge in [-0.05, 0) is 12.1 Å². The zero-order chi connectivity index (χ0) is 18.8. The number of hydrogen-bond donors (Lipinski definition) is 0. The van der Waals surface area contributed by atoms with Crippen LogP contribution in [0.3, 0.4) is 0 Å². The molecule has 0 aliphatic heterocycles. The molecule has 8 nitrogen and oxygen atoms in total. The summed E-state index contributed by atoms with van der Waals surface area (Å²) in [6.07, 6.45) is 2.45. The number of rotatable bonds is 4. The number of methoxy groups -OCH3 is 2. The van der Waals surface area contributed by atoms with E-state index in [4.69, 9.17) is 21.1 Å². The van der Waals surface area contributed by atoms with Crippen molar-refractivity contribution in [2.75, 3.05) is 14.2 Å². The first-order chi connectivity index (χ1) is 12.5. The number of esters is 2. The maximum atomic E-state index is 14.5. The molecule has 0 spiro atoms. The molecule has 3 aromatic rings. The van der Waals surface area contributed by atoms with Crippen molar-refractivity contribution in [2.24, 2.45) is 0 Å². The van der Waals surface area contributed by atoms with Crippen LogP contribution in [0.4, 0.5) is 4.39 Å². The predicted octanol–water partition coefficient (Wildman–Crippen LogP) is 2.01. The van der Waals surface area contributed by atoms with Gasteiger partial charge in [-0.25, -0.2) is 9.37 Å². The number of carbonyl (C=O) groups is 2. The zero-order valence-corrected chi connectivity index (χ0v) is 14.4. The van der Waals surface area contributed by atoms with E-state index in [0.29, 0.717) is 0 Å². The molecule has 0 N–H and O–H groups in total. The average molecular weight is 379 g/mol. The van der Waals surface area contributed by atoms with E-state index in [9.17, 15) is 14.0 Å². The predicted molar refractivity (Wildman–Crippen MR) is 88.0 cm³/mol. The van der Waals surface area contributed by atoms with Gasteiger partial charge in [-0.2, -0.15) is 14.6 Å². The first-order valence-corrected chi connectivity index (χ1v) is 7.66. The first kappa shape index (κ1) is 17.7. The van der Waals surface area contributed by atoms with Crippen LogP contribution in [0.1, 0.15) is 11.6 Å². The zero-order valence-electron chi connectivity index (χ0n) is 13.6. The van der Waals surface area contributed by atoms with Crippen molar-refractivity contribution in [3.05, 3.63) is 47.3 Å². The molecule has 0 aliphatic rings. The largest absolute Gasteiger partial charge is 0.468 e. The third kappa shape index (κ3) is 2.86. The monoisotopic (exact) mass is 378 g/mol. The van der Waals surface area contributed by atoms with Crippen LogP contribution in [-0.2, 0) is 19.1 Å². The van der Waals surface area contributed by atoms with Gasteiger partial charge in [0.2, 0.25) is 0 Å². The topological polar surface area (TPSA) is 95.7 Å². The van der Waals surface area contributed by atoms with E-state index < -0.39 is 23.7 Å². The standard InChI is InChI=1S/C16H12ClFN4O4/c1-25-14(23)12(15(24)26-2)13-8(6-19-16-20-7-21-22(13)16)11-9(17)4-3-5-10(11)18/h3-7,12H,1-2H3. The fourth-order valence-electron chi connectivity index (χ4n) is 2.58. The lowest BCUT2D eigenvalue weighted by Gasteiger charge is -2.18. The lowest BCUT2D eigenvalue weighted by Crippen LogP contribution is -2.27. The molecule has 26 heavy (non-hydrogen) atoms. The number of nitrogens with zero attached hydrogens (tertiary/aromatic N) is 4. The van der Waals surface area contributed by atoms with Gasteiger partial charge in [-0.3, -0.25) is 9.59 Å². The molecule has 0 amide bonds. The highest BCUT2D eigenvalue weighted by atomic mass is 35.5. The Morgan fingerprint density at radius 2 is 1.88 bits per heavy atom. The Labute approximate surface area is 151 Å². The molecule has 2 aromatic heterocycles.